The maximum absolute atomic E-state index is 11.5. The summed E-state index contributed by atoms with van der Waals surface area (Å²) in [5.74, 6) is 0.439. The second kappa shape index (κ2) is 7.58. The van der Waals surface area contributed by atoms with Gasteiger partial charge in [-0.1, -0.05) is 19.1 Å². The van der Waals surface area contributed by atoms with Crippen LogP contribution in [-0.4, -0.2) is 25.7 Å². The second-order valence-electron chi connectivity index (χ2n) is 3.96. The molecule has 0 fully saturated rings. The number of ether oxygens (including phenoxy) is 2. The molecule has 0 aliphatic carbocycles. The molecule has 4 heteroatoms. The molecule has 0 aliphatic rings. The number of nitrogens with one attached hydrogen (secondary N) is 1. The van der Waals surface area contributed by atoms with E-state index in [2.05, 4.69) is 5.32 Å². The van der Waals surface area contributed by atoms with E-state index in [1.54, 1.807) is 0 Å². The first-order valence-electron chi connectivity index (χ1n) is 6.31. The predicted molar refractivity (Wildman–Crippen MR) is 71.9 cm³/mol. The number of hydrogen-bond acceptors (Lipinski definition) is 4. The molecule has 0 aromatic heterocycles. The predicted octanol–water partition coefficient (Wildman–Crippen LogP) is 2.70. The van der Waals surface area contributed by atoms with Crippen LogP contribution >= 0.6 is 0 Å². The summed E-state index contributed by atoms with van der Waals surface area (Å²) < 4.78 is 10.5. The third kappa shape index (κ3) is 4.28. The molecule has 0 heterocycles. The fraction of sp³-hybridized carbons (Fsp3) is 0.500. The molecular weight excluding hydrogens is 230 g/mol. The number of esters is 1. The molecule has 0 spiro atoms. The highest BCUT2D eigenvalue weighted by Crippen LogP contribution is 2.23. The van der Waals surface area contributed by atoms with Crippen LogP contribution in [0.4, 0.5) is 5.69 Å². The topological polar surface area (TPSA) is 47.6 Å². The van der Waals surface area contributed by atoms with Crippen LogP contribution in [0.15, 0.2) is 24.3 Å². The Morgan fingerprint density at radius 1 is 1.28 bits per heavy atom. The van der Waals surface area contributed by atoms with Crippen LogP contribution < -0.4 is 10.1 Å². The van der Waals surface area contributed by atoms with E-state index in [9.17, 15) is 4.79 Å². The summed E-state index contributed by atoms with van der Waals surface area (Å²) in [4.78, 5) is 11.5. The summed E-state index contributed by atoms with van der Waals surface area (Å²) in [5.41, 5.74) is 0.899. The van der Waals surface area contributed by atoms with Crippen molar-refractivity contribution in [2.75, 3.05) is 25.1 Å². The van der Waals surface area contributed by atoms with Gasteiger partial charge in [0.15, 0.2) is 0 Å². The molecule has 1 atom stereocenters. The van der Waals surface area contributed by atoms with E-state index in [0.717, 1.165) is 11.4 Å². The van der Waals surface area contributed by atoms with Crippen molar-refractivity contribution in [2.24, 2.45) is 5.92 Å². The molecule has 1 N–H and O–H groups in total. The van der Waals surface area contributed by atoms with Gasteiger partial charge in [0.1, 0.15) is 5.75 Å². The van der Waals surface area contributed by atoms with Gasteiger partial charge in [-0.15, -0.1) is 0 Å². The highest BCUT2D eigenvalue weighted by Gasteiger charge is 2.14. The van der Waals surface area contributed by atoms with Gasteiger partial charge >= 0.3 is 5.97 Å². The lowest BCUT2D eigenvalue weighted by Crippen LogP contribution is -2.22. The average molecular weight is 251 g/mol. The van der Waals surface area contributed by atoms with Gasteiger partial charge in [-0.05, 0) is 26.0 Å². The molecule has 0 saturated heterocycles. The number of carbonyl (C=O) groups excluding carboxylic acids is 1. The van der Waals surface area contributed by atoms with Crippen molar-refractivity contribution in [3.63, 3.8) is 0 Å². The molecule has 18 heavy (non-hydrogen) atoms. The highest BCUT2D eigenvalue weighted by molar-refractivity contribution is 5.73. The third-order valence-corrected chi connectivity index (χ3v) is 2.47. The van der Waals surface area contributed by atoms with Crippen molar-refractivity contribution in [1.29, 1.82) is 0 Å². The summed E-state index contributed by atoms with van der Waals surface area (Å²) in [5, 5.41) is 3.21. The minimum atomic E-state index is -0.182. The Morgan fingerprint density at radius 2 is 2.00 bits per heavy atom. The van der Waals surface area contributed by atoms with E-state index in [4.69, 9.17) is 9.47 Å². The van der Waals surface area contributed by atoms with Crippen molar-refractivity contribution in [3.05, 3.63) is 24.3 Å². The summed E-state index contributed by atoms with van der Waals surface area (Å²) in [7, 11) is 0. The van der Waals surface area contributed by atoms with Gasteiger partial charge in [-0.2, -0.15) is 0 Å². The Morgan fingerprint density at radius 3 is 2.67 bits per heavy atom. The van der Waals surface area contributed by atoms with Crippen LogP contribution in [0.25, 0.3) is 0 Å². The summed E-state index contributed by atoms with van der Waals surface area (Å²) in [6.07, 6.45) is 0. The van der Waals surface area contributed by atoms with Crippen molar-refractivity contribution in [1.82, 2.24) is 0 Å². The number of anilines is 1. The van der Waals surface area contributed by atoms with Crippen molar-refractivity contribution in [2.45, 2.75) is 20.8 Å². The lowest BCUT2D eigenvalue weighted by Gasteiger charge is -2.15. The third-order valence-electron chi connectivity index (χ3n) is 2.47. The zero-order valence-electron chi connectivity index (χ0n) is 11.2. The SMILES string of the molecule is CCOC(=O)C(C)CNc1ccccc1OCC. The average Bonchev–Trinajstić information content (AvgIpc) is 2.38. The summed E-state index contributed by atoms with van der Waals surface area (Å²) in [6, 6.07) is 7.69. The zero-order chi connectivity index (χ0) is 13.4. The minimum Gasteiger partial charge on any atom is -0.492 e. The van der Waals surface area contributed by atoms with E-state index in [-0.39, 0.29) is 11.9 Å². The maximum Gasteiger partial charge on any atom is 0.310 e. The smallest absolute Gasteiger partial charge is 0.310 e. The number of carbonyl (C=O) groups is 1. The highest BCUT2D eigenvalue weighted by atomic mass is 16.5. The van der Waals surface area contributed by atoms with Crippen LogP contribution in [0, 0.1) is 5.92 Å². The molecule has 1 aromatic carbocycles. The van der Waals surface area contributed by atoms with E-state index in [1.165, 1.54) is 0 Å². The normalized spacial score (nSPS) is 11.7. The fourth-order valence-electron chi connectivity index (χ4n) is 1.52. The molecule has 4 nitrogen and oxygen atoms in total. The van der Waals surface area contributed by atoms with Gasteiger partial charge in [0, 0.05) is 6.54 Å². The monoisotopic (exact) mass is 251 g/mol. The molecular formula is C14H21NO3. The van der Waals surface area contributed by atoms with E-state index < -0.39 is 0 Å². The first-order valence-corrected chi connectivity index (χ1v) is 6.31. The first kappa shape index (κ1) is 14.4. The van der Waals surface area contributed by atoms with Crippen LogP contribution in [0.2, 0.25) is 0 Å². The molecule has 1 unspecified atom stereocenters. The quantitative estimate of drug-likeness (QED) is 0.757. The standard InChI is InChI=1S/C14H21NO3/c1-4-17-13-9-7-6-8-12(13)15-10-11(3)14(16)18-5-2/h6-9,11,15H,4-5,10H2,1-3H3. The lowest BCUT2D eigenvalue weighted by atomic mass is 10.2. The van der Waals surface area contributed by atoms with Gasteiger partial charge in [-0.25, -0.2) is 0 Å². The van der Waals surface area contributed by atoms with Gasteiger partial charge in [0.05, 0.1) is 24.8 Å². The van der Waals surface area contributed by atoms with Crippen molar-refractivity contribution < 1.29 is 14.3 Å². The van der Waals surface area contributed by atoms with Gasteiger partial charge in [-0.3, -0.25) is 4.79 Å². The molecule has 0 amide bonds. The molecule has 100 valence electrons. The first-order chi connectivity index (χ1) is 8.69. The largest absolute Gasteiger partial charge is 0.492 e. The zero-order valence-corrected chi connectivity index (χ0v) is 11.2. The van der Waals surface area contributed by atoms with E-state index in [0.29, 0.717) is 19.8 Å². The Balaban J connectivity index is 2.54. The maximum atomic E-state index is 11.5. The number of benzene rings is 1. The summed E-state index contributed by atoms with van der Waals surface area (Å²) in [6.45, 7) is 7.16. The van der Waals surface area contributed by atoms with Gasteiger partial charge < -0.3 is 14.8 Å². The van der Waals surface area contributed by atoms with Crippen LogP contribution in [-0.2, 0) is 9.53 Å². The fourth-order valence-corrected chi connectivity index (χ4v) is 1.52. The molecule has 1 rings (SSSR count). The molecule has 0 aliphatic heterocycles. The Labute approximate surface area is 108 Å². The van der Waals surface area contributed by atoms with Crippen LogP contribution in [0.5, 0.6) is 5.75 Å². The minimum absolute atomic E-state index is 0.181. The summed E-state index contributed by atoms with van der Waals surface area (Å²) >= 11 is 0. The van der Waals surface area contributed by atoms with E-state index in [1.807, 2.05) is 45.0 Å². The second-order valence-corrected chi connectivity index (χ2v) is 3.96. The Bertz CT molecular complexity index is 379. The van der Waals surface area contributed by atoms with Gasteiger partial charge in [0.25, 0.3) is 0 Å². The lowest BCUT2D eigenvalue weighted by molar-refractivity contribution is -0.146. The molecule has 0 radical (unpaired) electrons. The number of rotatable bonds is 7. The van der Waals surface area contributed by atoms with Crippen LogP contribution in [0.1, 0.15) is 20.8 Å². The molecule has 1 aromatic rings. The number of hydrogen-bond donors (Lipinski definition) is 1. The van der Waals surface area contributed by atoms with Crippen molar-refractivity contribution >= 4 is 11.7 Å². The Kier molecular flexibility index (Phi) is 6.05. The number of para-hydroxylation sites is 2. The van der Waals surface area contributed by atoms with Crippen molar-refractivity contribution in [3.8, 4) is 5.75 Å². The molecule has 0 saturated carbocycles. The van der Waals surface area contributed by atoms with Crippen LogP contribution in [0.3, 0.4) is 0 Å². The van der Waals surface area contributed by atoms with E-state index >= 15 is 0 Å². The van der Waals surface area contributed by atoms with Gasteiger partial charge in [0.2, 0.25) is 0 Å². The molecule has 0 bridgehead atoms. The Hall–Kier alpha value is -1.71.